The lowest BCUT2D eigenvalue weighted by atomic mass is 10.0. The van der Waals surface area contributed by atoms with Gasteiger partial charge in [-0.15, -0.1) is 6.42 Å². The van der Waals surface area contributed by atoms with Crippen LogP contribution in [0.15, 0.2) is 35.0 Å². The van der Waals surface area contributed by atoms with E-state index in [2.05, 4.69) is 11.3 Å². The molecule has 0 atom stereocenters. The van der Waals surface area contributed by atoms with E-state index in [4.69, 9.17) is 18.0 Å². The van der Waals surface area contributed by atoms with E-state index in [-0.39, 0.29) is 0 Å². The fourth-order valence-electron chi connectivity index (χ4n) is 1.30. The normalized spacial score (nSPS) is 9.71. The van der Waals surface area contributed by atoms with E-state index in [1.165, 1.54) is 0 Å². The van der Waals surface area contributed by atoms with E-state index in [0.717, 1.165) is 16.7 Å². The Morgan fingerprint density at radius 3 is 2.79 bits per heavy atom. The van der Waals surface area contributed by atoms with Crippen LogP contribution in [-0.4, -0.2) is 0 Å². The molecule has 0 saturated heterocycles. The van der Waals surface area contributed by atoms with E-state index >= 15 is 0 Å². The van der Waals surface area contributed by atoms with Gasteiger partial charge in [0.15, 0.2) is 0 Å². The summed E-state index contributed by atoms with van der Waals surface area (Å²) >= 11 is 7.57. The van der Waals surface area contributed by atoms with Gasteiger partial charge in [0.05, 0.1) is 0 Å². The molecule has 14 heavy (non-hydrogen) atoms. The summed E-state index contributed by atoms with van der Waals surface area (Å²) in [7, 11) is 0. The van der Waals surface area contributed by atoms with Crippen LogP contribution in [0.25, 0.3) is 11.1 Å². The standard InChI is InChI=1S/C12H7ClS/c1-2-9-3-4-11(13)7-12(9)10-5-6-14-8-10/h1,3-8H. The Morgan fingerprint density at radius 2 is 2.14 bits per heavy atom. The molecular formula is C12H7ClS. The fraction of sp³-hybridized carbons (Fsp3) is 0. The first kappa shape index (κ1) is 9.33. The number of terminal acetylenes is 1. The van der Waals surface area contributed by atoms with Crippen molar-refractivity contribution in [3.05, 3.63) is 45.6 Å². The molecule has 0 aliphatic rings. The third kappa shape index (κ3) is 1.68. The van der Waals surface area contributed by atoms with Crippen LogP contribution in [0.2, 0.25) is 5.02 Å². The molecule has 1 aromatic carbocycles. The van der Waals surface area contributed by atoms with E-state index in [1.807, 2.05) is 29.6 Å². The molecule has 0 unspecified atom stereocenters. The van der Waals surface area contributed by atoms with Crippen molar-refractivity contribution in [2.45, 2.75) is 0 Å². The first-order chi connectivity index (χ1) is 6.81. The second kappa shape index (κ2) is 3.88. The van der Waals surface area contributed by atoms with Gasteiger partial charge in [-0.1, -0.05) is 17.5 Å². The summed E-state index contributed by atoms with van der Waals surface area (Å²) in [6, 6.07) is 7.62. The quantitative estimate of drug-likeness (QED) is 0.634. The molecule has 68 valence electrons. The van der Waals surface area contributed by atoms with Gasteiger partial charge >= 0.3 is 0 Å². The maximum atomic E-state index is 5.93. The van der Waals surface area contributed by atoms with Crippen LogP contribution in [-0.2, 0) is 0 Å². The van der Waals surface area contributed by atoms with Crippen LogP contribution in [0.1, 0.15) is 5.56 Å². The van der Waals surface area contributed by atoms with Crippen molar-refractivity contribution in [1.29, 1.82) is 0 Å². The summed E-state index contributed by atoms with van der Waals surface area (Å²) in [6.07, 6.45) is 5.42. The van der Waals surface area contributed by atoms with E-state index in [0.29, 0.717) is 5.02 Å². The maximum Gasteiger partial charge on any atom is 0.0413 e. The number of thiophene rings is 1. The van der Waals surface area contributed by atoms with Crippen molar-refractivity contribution in [3.63, 3.8) is 0 Å². The minimum atomic E-state index is 0.713. The summed E-state index contributed by atoms with van der Waals surface area (Å²) in [5.74, 6) is 2.66. The summed E-state index contributed by atoms with van der Waals surface area (Å²) in [6.45, 7) is 0. The monoisotopic (exact) mass is 218 g/mol. The van der Waals surface area contributed by atoms with Crippen LogP contribution in [0, 0.1) is 12.3 Å². The zero-order valence-electron chi connectivity index (χ0n) is 7.33. The highest BCUT2D eigenvalue weighted by molar-refractivity contribution is 7.08. The Morgan fingerprint density at radius 1 is 1.29 bits per heavy atom. The predicted molar refractivity (Wildman–Crippen MR) is 62.7 cm³/mol. The largest absolute Gasteiger partial charge is 0.152 e. The highest BCUT2D eigenvalue weighted by atomic mass is 35.5. The van der Waals surface area contributed by atoms with Gasteiger partial charge in [-0.25, -0.2) is 0 Å². The van der Waals surface area contributed by atoms with Crippen LogP contribution in [0.4, 0.5) is 0 Å². The Labute approximate surface area is 92.2 Å². The molecule has 1 aromatic heterocycles. The number of rotatable bonds is 1. The molecule has 0 aliphatic heterocycles. The van der Waals surface area contributed by atoms with Crippen molar-refractivity contribution in [1.82, 2.24) is 0 Å². The lowest BCUT2D eigenvalue weighted by molar-refractivity contribution is 1.62. The van der Waals surface area contributed by atoms with Gasteiger partial charge in [-0.05, 0) is 46.2 Å². The first-order valence-corrected chi connectivity index (χ1v) is 5.42. The molecular weight excluding hydrogens is 212 g/mol. The highest BCUT2D eigenvalue weighted by Gasteiger charge is 2.04. The predicted octanol–water partition coefficient (Wildman–Crippen LogP) is 4.05. The number of halogens is 1. The van der Waals surface area contributed by atoms with E-state index in [9.17, 15) is 0 Å². The van der Waals surface area contributed by atoms with E-state index in [1.54, 1.807) is 11.3 Å². The van der Waals surface area contributed by atoms with Crippen LogP contribution >= 0.6 is 22.9 Å². The molecule has 2 aromatic rings. The Kier molecular flexibility index (Phi) is 2.58. The zero-order chi connectivity index (χ0) is 9.97. The van der Waals surface area contributed by atoms with Crippen LogP contribution in [0.3, 0.4) is 0 Å². The molecule has 0 bridgehead atoms. The summed E-state index contributed by atoms with van der Waals surface area (Å²) in [5.41, 5.74) is 3.04. The topological polar surface area (TPSA) is 0 Å². The zero-order valence-corrected chi connectivity index (χ0v) is 8.90. The number of benzene rings is 1. The summed E-state index contributed by atoms with van der Waals surface area (Å²) in [4.78, 5) is 0. The molecule has 0 amide bonds. The minimum Gasteiger partial charge on any atom is -0.152 e. The maximum absolute atomic E-state index is 5.93. The molecule has 0 fully saturated rings. The van der Waals surface area contributed by atoms with Crippen molar-refractivity contribution in [2.24, 2.45) is 0 Å². The van der Waals surface area contributed by atoms with Gasteiger partial charge in [0.2, 0.25) is 0 Å². The Balaban J connectivity index is 2.63. The SMILES string of the molecule is C#Cc1ccc(Cl)cc1-c1ccsc1. The van der Waals surface area contributed by atoms with Gasteiger partial charge in [-0.3, -0.25) is 0 Å². The molecule has 1 heterocycles. The van der Waals surface area contributed by atoms with Gasteiger partial charge < -0.3 is 0 Å². The van der Waals surface area contributed by atoms with Crippen molar-refractivity contribution in [2.75, 3.05) is 0 Å². The summed E-state index contributed by atoms with van der Waals surface area (Å²) < 4.78 is 0. The molecule has 0 radical (unpaired) electrons. The first-order valence-electron chi connectivity index (χ1n) is 4.10. The van der Waals surface area contributed by atoms with Gasteiger partial charge in [0, 0.05) is 10.6 Å². The highest BCUT2D eigenvalue weighted by Crippen LogP contribution is 2.28. The number of hydrogen-bond donors (Lipinski definition) is 0. The molecule has 0 N–H and O–H groups in total. The van der Waals surface area contributed by atoms with Crippen molar-refractivity contribution in [3.8, 4) is 23.5 Å². The fourth-order valence-corrected chi connectivity index (χ4v) is 2.13. The van der Waals surface area contributed by atoms with E-state index < -0.39 is 0 Å². The molecule has 0 saturated carbocycles. The van der Waals surface area contributed by atoms with Gasteiger partial charge in [-0.2, -0.15) is 11.3 Å². The lowest BCUT2D eigenvalue weighted by Crippen LogP contribution is -1.81. The smallest absolute Gasteiger partial charge is 0.0413 e. The second-order valence-corrected chi connectivity index (χ2v) is 4.06. The van der Waals surface area contributed by atoms with Crippen molar-refractivity contribution < 1.29 is 0 Å². The molecule has 0 aliphatic carbocycles. The molecule has 0 nitrogen and oxygen atoms in total. The third-order valence-electron chi connectivity index (χ3n) is 1.97. The van der Waals surface area contributed by atoms with Crippen LogP contribution in [0.5, 0.6) is 0 Å². The Hall–Kier alpha value is -1.23. The minimum absolute atomic E-state index is 0.713. The second-order valence-electron chi connectivity index (χ2n) is 2.85. The molecule has 2 heteroatoms. The van der Waals surface area contributed by atoms with Gasteiger partial charge in [0.1, 0.15) is 0 Å². The van der Waals surface area contributed by atoms with Gasteiger partial charge in [0.25, 0.3) is 0 Å². The van der Waals surface area contributed by atoms with Crippen LogP contribution < -0.4 is 0 Å². The summed E-state index contributed by atoms with van der Waals surface area (Å²) in [5, 5.41) is 4.80. The lowest BCUT2D eigenvalue weighted by Gasteiger charge is -2.02. The average Bonchev–Trinajstić information content (AvgIpc) is 2.70. The Bertz CT molecular complexity index is 478. The number of hydrogen-bond acceptors (Lipinski definition) is 1. The third-order valence-corrected chi connectivity index (χ3v) is 2.89. The average molecular weight is 219 g/mol. The van der Waals surface area contributed by atoms with Crippen molar-refractivity contribution >= 4 is 22.9 Å². The molecule has 0 spiro atoms. The molecule has 2 rings (SSSR count).